The highest BCUT2D eigenvalue weighted by Gasteiger charge is 2.21. The summed E-state index contributed by atoms with van der Waals surface area (Å²) in [4.78, 5) is 25.0. The van der Waals surface area contributed by atoms with Crippen molar-refractivity contribution in [2.24, 2.45) is 0 Å². The van der Waals surface area contributed by atoms with E-state index in [1.54, 1.807) is 0 Å². The monoisotopic (exact) mass is 292 g/mol. The van der Waals surface area contributed by atoms with E-state index in [9.17, 15) is 19.3 Å². The molecule has 1 aromatic heterocycles. The number of hydrogen-bond acceptors (Lipinski definition) is 5. The lowest BCUT2D eigenvalue weighted by Gasteiger charge is -2.09. The third-order valence-electron chi connectivity index (χ3n) is 2.66. The average Bonchev–Trinajstić information content (AvgIpc) is 2.37. The van der Waals surface area contributed by atoms with Crippen molar-refractivity contribution in [2.45, 2.75) is 6.92 Å². The first kappa shape index (κ1) is 14.4. The number of ether oxygens (including phenoxy) is 1. The van der Waals surface area contributed by atoms with Crippen molar-refractivity contribution in [3.63, 3.8) is 0 Å². The molecule has 1 N–H and O–H groups in total. The summed E-state index contributed by atoms with van der Waals surface area (Å²) in [6.45, 7) is 1.53. The van der Waals surface area contributed by atoms with Crippen LogP contribution in [0.4, 0.5) is 10.1 Å². The van der Waals surface area contributed by atoms with Crippen LogP contribution in [0.5, 0.6) is 11.6 Å². The Bertz CT molecular complexity index is 732. The van der Waals surface area contributed by atoms with Crippen LogP contribution >= 0.6 is 0 Å². The number of carboxylic acid groups (broad SMARTS) is 1. The first-order valence-electron chi connectivity index (χ1n) is 5.71. The van der Waals surface area contributed by atoms with E-state index >= 15 is 0 Å². The maximum absolute atomic E-state index is 13.2. The summed E-state index contributed by atoms with van der Waals surface area (Å²) in [5, 5.41) is 20.0. The van der Waals surface area contributed by atoms with Gasteiger partial charge in [0, 0.05) is 18.3 Å². The topological polar surface area (TPSA) is 103 Å². The maximum Gasteiger partial charge on any atom is 0.341 e. The van der Waals surface area contributed by atoms with E-state index in [1.807, 2.05) is 0 Å². The predicted molar refractivity (Wildman–Crippen MR) is 69.1 cm³/mol. The summed E-state index contributed by atoms with van der Waals surface area (Å²) >= 11 is 0. The summed E-state index contributed by atoms with van der Waals surface area (Å²) in [6.07, 6.45) is 1.29. The number of hydrogen-bond donors (Lipinski definition) is 1. The van der Waals surface area contributed by atoms with Gasteiger partial charge in [0.25, 0.3) is 0 Å². The summed E-state index contributed by atoms with van der Waals surface area (Å²) < 4.78 is 18.4. The number of nitro groups is 1. The van der Waals surface area contributed by atoms with Crippen molar-refractivity contribution in [1.82, 2.24) is 4.98 Å². The smallest absolute Gasteiger partial charge is 0.341 e. The van der Waals surface area contributed by atoms with E-state index in [2.05, 4.69) is 4.98 Å². The minimum atomic E-state index is -1.30. The minimum absolute atomic E-state index is 0.240. The van der Waals surface area contributed by atoms with Crippen LogP contribution in [0.25, 0.3) is 0 Å². The first-order chi connectivity index (χ1) is 9.90. The second-order valence-electron chi connectivity index (χ2n) is 4.08. The predicted octanol–water partition coefficient (Wildman–Crippen LogP) is 2.93. The van der Waals surface area contributed by atoms with Crippen molar-refractivity contribution in [3.05, 3.63) is 57.5 Å². The third-order valence-corrected chi connectivity index (χ3v) is 2.66. The number of carbonyl (C=O) groups is 1. The van der Waals surface area contributed by atoms with E-state index < -0.39 is 28.1 Å². The molecule has 21 heavy (non-hydrogen) atoms. The Labute approximate surface area is 117 Å². The molecule has 0 spiro atoms. The largest absolute Gasteiger partial charge is 0.477 e. The Morgan fingerprint density at radius 2 is 2.14 bits per heavy atom. The molecule has 0 amide bonds. The molecule has 108 valence electrons. The second-order valence-corrected chi connectivity index (χ2v) is 4.08. The number of nitro benzene ring substituents is 1. The molecule has 2 rings (SSSR count). The fraction of sp³-hybridized carbons (Fsp3) is 0.0769. The molecule has 8 heteroatoms. The number of rotatable bonds is 4. The van der Waals surface area contributed by atoms with Gasteiger partial charge in [0.1, 0.15) is 11.4 Å². The van der Waals surface area contributed by atoms with Crippen LogP contribution in [0.2, 0.25) is 0 Å². The summed E-state index contributed by atoms with van der Waals surface area (Å²) in [6, 6.07) is 4.09. The molecule has 0 unspecified atom stereocenters. The quantitative estimate of drug-likeness (QED) is 0.686. The van der Waals surface area contributed by atoms with Gasteiger partial charge in [-0.05, 0) is 24.6 Å². The Kier molecular flexibility index (Phi) is 3.79. The van der Waals surface area contributed by atoms with Crippen LogP contribution in [0.1, 0.15) is 15.9 Å². The summed E-state index contributed by atoms with van der Waals surface area (Å²) in [5.74, 6) is -2.80. The molecule has 0 atom stereocenters. The number of aromatic nitrogens is 1. The van der Waals surface area contributed by atoms with E-state index in [1.165, 1.54) is 19.2 Å². The van der Waals surface area contributed by atoms with Gasteiger partial charge in [0.2, 0.25) is 11.6 Å². The number of benzene rings is 1. The standard InChI is InChI=1S/C13H9FN2O5/c1-7-4-5-15-12(11(7)13(17)18)21-10-6-8(14)2-3-9(10)16(19)20/h2-6H,1H3,(H,17,18). The van der Waals surface area contributed by atoms with Gasteiger partial charge in [-0.25, -0.2) is 14.2 Å². The van der Waals surface area contributed by atoms with Crippen molar-refractivity contribution in [3.8, 4) is 11.6 Å². The van der Waals surface area contributed by atoms with Gasteiger partial charge in [-0.2, -0.15) is 0 Å². The lowest BCUT2D eigenvalue weighted by atomic mass is 10.1. The molecule has 0 aliphatic carbocycles. The zero-order chi connectivity index (χ0) is 15.6. The van der Waals surface area contributed by atoms with Crippen LogP contribution in [0.15, 0.2) is 30.5 Å². The molecule has 0 radical (unpaired) electrons. The molecule has 7 nitrogen and oxygen atoms in total. The van der Waals surface area contributed by atoms with E-state index in [0.29, 0.717) is 5.56 Å². The number of pyridine rings is 1. The zero-order valence-corrected chi connectivity index (χ0v) is 10.7. The van der Waals surface area contributed by atoms with Gasteiger partial charge in [0.05, 0.1) is 4.92 Å². The molecule has 0 saturated heterocycles. The molecular formula is C13H9FN2O5. The molecule has 0 bridgehead atoms. The number of carboxylic acids is 1. The van der Waals surface area contributed by atoms with E-state index in [-0.39, 0.29) is 11.4 Å². The fourth-order valence-electron chi connectivity index (χ4n) is 1.70. The number of halogens is 1. The highest BCUT2D eigenvalue weighted by molar-refractivity contribution is 5.91. The van der Waals surface area contributed by atoms with Crippen LogP contribution < -0.4 is 4.74 Å². The van der Waals surface area contributed by atoms with Crippen LogP contribution in [0.3, 0.4) is 0 Å². The fourth-order valence-corrected chi connectivity index (χ4v) is 1.70. The van der Waals surface area contributed by atoms with Gasteiger partial charge in [-0.15, -0.1) is 0 Å². The van der Waals surface area contributed by atoms with Crippen molar-refractivity contribution in [2.75, 3.05) is 0 Å². The van der Waals surface area contributed by atoms with Crippen molar-refractivity contribution in [1.29, 1.82) is 0 Å². The molecule has 0 aliphatic rings. The SMILES string of the molecule is Cc1ccnc(Oc2cc(F)ccc2[N+](=O)[O-])c1C(=O)O. The molecule has 2 aromatic rings. The third kappa shape index (κ3) is 2.94. The number of aryl methyl sites for hydroxylation is 1. The molecule has 0 saturated carbocycles. The number of nitrogens with zero attached hydrogens (tertiary/aromatic N) is 2. The summed E-state index contributed by atoms with van der Waals surface area (Å²) in [5.41, 5.74) is -0.362. The molecule has 1 aromatic carbocycles. The van der Waals surface area contributed by atoms with Gasteiger partial charge >= 0.3 is 11.7 Å². The highest BCUT2D eigenvalue weighted by atomic mass is 19.1. The summed E-state index contributed by atoms with van der Waals surface area (Å²) in [7, 11) is 0. The number of aromatic carboxylic acids is 1. The van der Waals surface area contributed by atoms with Gasteiger partial charge in [0.15, 0.2) is 0 Å². The van der Waals surface area contributed by atoms with Gasteiger partial charge in [-0.1, -0.05) is 0 Å². The van der Waals surface area contributed by atoms with Crippen LogP contribution in [0, 0.1) is 22.9 Å². The Hall–Kier alpha value is -3.03. The maximum atomic E-state index is 13.2. The molecule has 1 heterocycles. The van der Waals surface area contributed by atoms with Crippen LogP contribution in [-0.4, -0.2) is 21.0 Å². The second kappa shape index (κ2) is 5.53. The van der Waals surface area contributed by atoms with E-state index in [4.69, 9.17) is 9.84 Å². The molecular weight excluding hydrogens is 283 g/mol. The lowest BCUT2D eigenvalue weighted by Crippen LogP contribution is -2.05. The average molecular weight is 292 g/mol. The normalized spacial score (nSPS) is 10.2. The van der Waals surface area contributed by atoms with Crippen molar-refractivity contribution < 1.29 is 24.0 Å². The van der Waals surface area contributed by atoms with Gasteiger partial charge in [-0.3, -0.25) is 10.1 Å². The Morgan fingerprint density at radius 1 is 1.43 bits per heavy atom. The minimum Gasteiger partial charge on any atom is -0.477 e. The Balaban J connectivity index is 2.53. The van der Waals surface area contributed by atoms with Crippen molar-refractivity contribution >= 4 is 11.7 Å². The molecule has 0 fully saturated rings. The zero-order valence-electron chi connectivity index (χ0n) is 10.7. The highest BCUT2D eigenvalue weighted by Crippen LogP contribution is 2.33. The van der Waals surface area contributed by atoms with Gasteiger partial charge < -0.3 is 9.84 Å². The Morgan fingerprint density at radius 3 is 2.76 bits per heavy atom. The first-order valence-corrected chi connectivity index (χ1v) is 5.71. The van der Waals surface area contributed by atoms with Crippen LogP contribution in [-0.2, 0) is 0 Å². The lowest BCUT2D eigenvalue weighted by molar-refractivity contribution is -0.385. The molecule has 0 aliphatic heterocycles. The van der Waals surface area contributed by atoms with E-state index in [0.717, 1.165) is 18.2 Å².